The van der Waals surface area contributed by atoms with Crippen LogP contribution < -0.4 is 18.9 Å². The van der Waals surface area contributed by atoms with Crippen molar-refractivity contribution in [3.63, 3.8) is 0 Å². The van der Waals surface area contributed by atoms with E-state index in [1.165, 1.54) is 14.2 Å². The molecule has 0 amide bonds. The van der Waals surface area contributed by atoms with Crippen molar-refractivity contribution >= 4 is 11.8 Å². The van der Waals surface area contributed by atoms with Crippen molar-refractivity contribution in [1.29, 1.82) is 0 Å². The molecular weight excluding hydrogens is 426 g/mol. The van der Waals surface area contributed by atoms with Gasteiger partial charge >= 0.3 is 18.0 Å². The number of hydrogen-bond donors (Lipinski definition) is 0. The first-order valence-corrected chi connectivity index (χ1v) is 10.5. The predicted octanol–water partition coefficient (Wildman–Crippen LogP) is 5.51. The van der Waals surface area contributed by atoms with Gasteiger partial charge in [-0.15, -0.1) is 15.0 Å². The normalized spacial score (nSPS) is 10.5. The molecule has 162 valence electrons. The summed E-state index contributed by atoms with van der Waals surface area (Å²) in [7, 11) is 4.60. The molecule has 8 heteroatoms. The zero-order valence-electron chi connectivity index (χ0n) is 17.8. The van der Waals surface area contributed by atoms with Gasteiger partial charge < -0.3 is 18.9 Å². The van der Waals surface area contributed by atoms with Crippen LogP contribution in [0.1, 0.15) is 0 Å². The summed E-state index contributed by atoms with van der Waals surface area (Å²) in [4.78, 5) is 14.5. The second-order valence-electron chi connectivity index (χ2n) is 6.50. The molecule has 0 aliphatic rings. The van der Waals surface area contributed by atoms with Crippen LogP contribution in [-0.4, -0.2) is 36.3 Å². The van der Waals surface area contributed by atoms with Gasteiger partial charge in [-0.25, -0.2) is 0 Å². The molecule has 0 radical (unpaired) electrons. The molecule has 0 unspecified atom stereocenters. The van der Waals surface area contributed by atoms with E-state index in [1.807, 2.05) is 60.7 Å². The van der Waals surface area contributed by atoms with Gasteiger partial charge in [0, 0.05) is 9.79 Å². The lowest BCUT2D eigenvalue weighted by atomic mass is 10.1. The molecule has 0 bridgehead atoms. The Hall–Kier alpha value is -3.78. The van der Waals surface area contributed by atoms with E-state index in [9.17, 15) is 0 Å². The molecule has 0 fully saturated rings. The van der Waals surface area contributed by atoms with Gasteiger partial charge in [-0.3, -0.25) is 0 Å². The summed E-state index contributed by atoms with van der Waals surface area (Å²) in [6.45, 7) is 0. The fraction of sp³-hybridized carbons (Fsp3) is 0.125. The van der Waals surface area contributed by atoms with Gasteiger partial charge in [-0.05, 0) is 53.6 Å². The molecule has 0 saturated carbocycles. The lowest BCUT2D eigenvalue weighted by Crippen LogP contribution is -2.01. The Morgan fingerprint density at radius 1 is 0.625 bits per heavy atom. The van der Waals surface area contributed by atoms with Crippen molar-refractivity contribution in [2.75, 3.05) is 21.3 Å². The minimum atomic E-state index is 0.0864. The zero-order chi connectivity index (χ0) is 22.3. The summed E-state index contributed by atoms with van der Waals surface area (Å²) in [6.07, 6.45) is 0. The van der Waals surface area contributed by atoms with E-state index < -0.39 is 0 Å². The van der Waals surface area contributed by atoms with Crippen LogP contribution in [0.2, 0.25) is 0 Å². The molecule has 0 aliphatic heterocycles. The molecular formula is C24H21N3O4S. The largest absolute Gasteiger partial charge is 0.497 e. The van der Waals surface area contributed by atoms with Crippen LogP contribution in [0.15, 0.2) is 82.6 Å². The van der Waals surface area contributed by atoms with Crippen molar-refractivity contribution < 1.29 is 18.9 Å². The molecule has 32 heavy (non-hydrogen) atoms. The van der Waals surface area contributed by atoms with E-state index in [0.717, 1.165) is 26.7 Å². The lowest BCUT2D eigenvalue weighted by molar-refractivity contribution is 0.320. The quantitative estimate of drug-likeness (QED) is 0.350. The van der Waals surface area contributed by atoms with E-state index in [1.54, 1.807) is 18.9 Å². The van der Waals surface area contributed by atoms with Gasteiger partial charge in [0.05, 0.1) is 21.3 Å². The average molecular weight is 448 g/mol. The van der Waals surface area contributed by atoms with Crippen LogP contribution in [0.3, 0.4) is 0 Å². The Kier molecular flexibility index (Phi) is 6.72. The molecule has 1 aromatic heterocycles. The Labute approximate surface area is 190 Å². The SMILES string of the molecule is COc1ccc(Sc2ccc(Oc3nc(OC)nc(OC)n3)cc2-c2ccccc2)cc1. The molecule has 7 nitrogen and oxygen atoms in total. The first-order chi connectivity index (χ1) is 15.7. The third-order valence-electron chi connectivity index (χ3n) is 4.47. The fourth-order valence-electron chi connectivity index (χ4n) is 2.93. The summed E-state index contributed by atoms with van der Waals surface area (Å²) in [5, 5.41) is 0. The van der Waals surface area contributed by atoms with Gasteiger partial charge in [0.1, 0.15) is 11.5 Å². The highest BCUT2D eigenvalue weighted by Crippen LogP contribution is 2.39. The summed E-state index contributed by atoms with van der Waals surface area (Å²) in [5.41, 5.74) is 2.09. The van der Waals surface area contributed by atoms with Gasteiger partial charge in [-0.2, -0.15) is 0 Å². The Morgan fingerprint density at radius 2 is 1.25 bits per heavy atom. The molecule has 4 rings (SSSR count). The standard InChI is InChI=1S/C24H21N3O4S/c1-28-17-9-12-19(13-10-17)32-21-14-11-18(15-20(21)16-7-5-4-6-8-16)31-24-26-22(29-2)25-23(27-24)30-3/h4-15H,1-3H3. The number of benzene rings is 3. The van der Waals surface area contributed by atoms with Crippen LogP contribution in [0.25, 0.3) is 11.1 Å². The van der Waals surface area contributed by atoms with Crippen molar-refractivity contribution in [2.24, 2.45) is 0 Å². The predicted molar refractivity (Wildman–Crippen MR) is 122 cm³/mol. The molecule has 1 heterocycles. The number of aromatic nitrogens is 3. The van der Waals surface area contributed by atoms with Gasteiger partial charge in [0.25, 0.3) is 0 Å². The first kappa shape index (κ1) is 21.5. The Balaban J connectivity index is 1.68. The van der Waals surface area contributed by atoms with Gasteiger partial charge in [0.15, 0.2) is 0 Å². The van der Waals surface area contributed by atoms with Gasteiger partial charge in [-0.1, -0.05) is 42.1 Å². The fourth-order valence-corrected chi connectivity index (χ4v) is 3.88. The maximum atomic E-state index is 5.91. The van der Waals surface area contributed by atoms with E-state index >= 15 is 0 Å². The monoisotopic (exact) mass is 447 g/mol. The number of hydrogen-bond acceptors (Lipinski definition) is 8. The molecule has 0 N–H and O–H groups in total. The van der Waals surface area contributed by atoms with Crippen LogP contribution in [0.5, 0.6) is 29.5 Å². The molecule has 4 aromatic rings. The Morgan fingerprint density at radius 3 is 1.88 bits per heavy atom. The van der Waals surface area contributed by atoms with E-state index in [4.69, 9.17) is 18.9 Å². The van der Waals surface area contributed by atoms with Crippen LogP contribution >= 0.6 is 11.8 Å². The number of nitrogens with zero attached hydrogens (tertiary/aromatic N) is 3. The third kappa shape index (κ3) is 5.09. The van der Waals surface area contributed by atoms with Crippen LogP contribution in [0, 0.1) is 0 Å². The molecule has 0 saturated heterocycles. The maximum Gasteiger partial charge on any atom is 0.331 e. The second kappa shape index (κ2) is 10.0. The maximum absolute atomic E-state index is 5.91. The van der Waals surface area contributed by atoms with Crippen molar-refractivity contribution in [2.45, 2.75) is 9.79 Å². The van der Waals surface area contributed by atoms with Crippen LogP contribution in [0.4, 0.5) is 0 Å². The Bertz CT molecular complexity index is 1170. The molecule has 0 spiro atoms. The van der Waals surface area contributed by atoms with E-state index in [0.29, 0.717) is 5.75 Å². The molecule has 0 aliphatic carbocycles. The highest BCUT2D eigenvalue weighted by Gasteiger charge is 2.13. The summed E-state index contributed by atoms with van der Waals surface area (Å²) >= 11 is 1.66. The summed E-state index contributed by atoms with van der Waals surface area (Å²) in [5.74, 6) is 1.41. The van der Waals surface area contributed by atoms with Crippen LogP contribution in [-0.2, 0) is 0 Å². The minimum absolute atomic E-state index is 0.0864. The highest BCUT2D eigenvalue weighted by atomic mass is 32.2. The third-order valence-corrected chi connectivity index (χ3v) is 5.55. The topological polar surface area (TPSA) is 75.6 Å². The van der Waals surface area contributed by atoms with Crippen molar-refractivity contribution in [3.8, 4) is 40.7 Å². The summed E-state index contributed by atoms with van der Waals surface area (Å²) in [6, 6.07) is 24.3. The van der Waals surface area contributed by atoms with Crippen molar-refractivity contribution in [3.05, 3.63) is 72.8 Å². The van der Waals surface area contributed by atoms with Gasteiger partial charge in [0.2, 0.25) is 0 Å². The smallest absolute Gasteiger partial charge is 0.331 e. The van der Waals surface area contributed by atoms with E-state index in [2.05, 4.69) is 27.1 Å². The minimum Gasteiger partial charge on any atom is -0.497 e. The van der Waals surface area contributed by atoms with E-state index in [-0.39, 0.29) is 18.0 Å². The highest BCUT2D eigenvalue weighted by molar-refractivity contribution is 7.99. The second-order valence-corrected chi connectivity index (χ2v) is 7.61. The van der Waals surface area contributed by atoms with Crippen molar-refractivity contribution in [1.82, 2.24) is 15.0 Å². The number of methoxy groups -OCH3 is 3. The zero-order valence-corrected chi connectivity index (χ0v) is 18.6. The molecule has 0 atom stereocenters. The molecule has 3 aromatic carbocycles. The average Bonchev–Trinajstić information content (AvgIpc) is 2.85. The summed E-state index contributed by atoms with van der Waals surface area (Å²) < 4.78 is 21.4. The number of ether oxygens (including phenoxy) is 4. The number of rotatable bonds is 8. The lowest BCUT2D eigenvalue weighted by Gasteiger charge is -2.13. The first-order valence-electron chi connectivity index (χ1n) is 9.72.